The third-order valence-electron chi connectivity index (χ3n) is 11.6. The Hall–Kier alpha value is 0. The Morgan fingerprint density at radius 1 is 0.170 bits per heavy atom. The van der Waals surface area contributed by atoms with Crippen LogP contribution in [0.15, 0.2) is 0 Å². The predicted octanol–water partition coefficient (Wildman–Crippen LogP) is 18.3. The summed E-state index contributed by atoms with van der Waals surface area (Å²) >= 11 is 0. The lowest BCUT2D eigenvalue weighted by Gasteiger charge is -2.28. The molecule has 284 valence electrons. The van der Waals surface area contributed by atoms with Gasteiger partial charge in [-0.2, -0.15) is 0 Å². The quantitative estimate of drug-likeness (QED) is 0.0572. The van der Waals surface area contributed by atoms with Gasteiger partial charge in [-0.05, 0) is 11.8 Å². The normalized spacial score (nSPS) is 13.0. The zero-order valence-corrected chi connectivity index (χ0v) is 34.1. The summed E-state index contributed by atoms with van der Waals surface area (Å²) in [4.78, 5) is 0. The first-order valence-electron chi connectivity index (χ1n) is 23.3. The molecule has 0 aromatic heterocycles. The molecule has 0 heteroatoms. The van der Waals surface area contributed by atoms with E-state index in [1.165, 1.54) is 238 Å². The zero-order chi connectivity index (χ0) is 34.1. The fourth-order valence-corrected chi connectivity index (χ4v) is 8.28. The first-order valence-corrected chi connectivity index (χ1v) is 23.3. The molecule has 0 fully saturated rings. The van der Waals surface area contributed by atoms with E-state index in [1.54, 1.807) is 25.7 Å². The Bertz CT molecular complexity index is 522. The topological polar surface area (TPSA) is 0 Å². The first kappa shape index (κ1) is 47.0. The lowest BCUT2D eigenvalue weighted by atomic mass is 9.78. The highest BCUT2D eigenvalue weighted by Crippen LogP contribution is 2.34. The largest absolute Gasteiger partial charge is 0.0654 e. The Kier molecular flexibility index (Phi) is 42.2. The van der Waals surface area contributed by atoms with Crippen molar-refractivity contribution in [1.29, 1.82) is 0 Å². The molecule has 47 heavy (non-hydrogen) atoms. The molecule has 0 aromatic rings. The van der Waals surface area contributed by atoms with Crippen LogP contribution < -0.4 is 0 Å². The van der Waals surface area contributed by atoms with Crippen LogP contribution in [0.1, 0.15) is 291 Å². The monoisotopic (exact) mass is 661 g/mol. The highest BCUT2D eigenvalue weighted by molar-refractivity contribution is 4.72. The lowest BCUT2D eigenvalue weighted by Crippen LogP contribution is -2.16. The molecule has 0 rings (SSSR count). The second-order valence-corrected chi connectivity index (χ2v) is 16.3. The SMILES string of the molecule is CCCCCCCCCCCCCC(CCCCCCCCC)C(CCCCCCCCCC)CCCCCCCCCCCCC. The van der Waals surface area contributed by atoms with Crippen molar-refractivity contribution in [2.45, 2.75) is 291 Å². The summed E-state index contributed by atoms with van der Waals surface area (Å²) in [7, 11) is 0. The lowest BCUT2D eigenvalue weighted by molar-refractivity contribution is 0.236. The Balaban J connectivity index is 4.72. The molecule has 0 amide bonds. The fourth-order valence-electron chi connectivity index (χ4n) is 8.28. The summed E-state index contributed by atoms with van der Waals surface area (Å²) in [5.74, 6) is 2.05. The molecule has 0 aromatic carbocycles. The number of hydrogen-bond acceptors (Lipinski definition) is 0. The van der Waals surface area contributed by atoms with Crippen LogP contribution in [-0.4, -0.2) is 0 Å². The van der Waals surface area contributed by atoms with Crippen LogP contribution in [0.25, 0.3) is 0 Å². The molecule has 0 N–H and O–H groups in total. The van der Waals surface area contributed by atoms with E-state index in [9.17, 15) is 0 Å². The Morgan fingerprint density at radius 3 is 0.447 bits per heavy atom. The van der Waals surface area contributed by atoms with Crippen molar-refractivity contribution in [3.05, 3.63) is 0 Å². The van der Waals surface area contributed by atoms with Gasteiger partial charge in [0.1, 0.15) is 0 Å². The van der Waals surface area contributed by atoms with E-state index >= 15 is 0 Å². The second kappa shape index (κ2) is 42.2. The van der Waals surface area contributed by atoms with E-state index in [-0.39, 0.29) is 0 Å². The third-order valence-corrected chi connectivity index (χ3v) is 11.6. The number of rotatable bonds is 42. The molecule has 0 heterocycles. The van der Waals surface area contributed by atoms with Gasteiger partial charge in [-0.15, -0.1) is 0 Å². The van der Waals surface area contributed by atoms with Gasteiger partial charge in [0.15, 0.2) is 0 Å². The summed E-state index contributed by atoms with van der Waals surface area (Å²) in [5, 5.41) is 0. The molecule has 0 aliphatic carbocycles. The van der Waals surface area contributed by atoms with Crippen molar-refractivity contribution in [1.82, 2.24) is 0 Å². The van der Waals surface area contributed by atoms with Crippen molar-refractivity contribution in [3.63, 3.8) is 0 Å². The molecule has 2 unspecified atom stereocenters. The van der Waals surface area contributed by atoms with Crippen molar-refractivity contribution in [2.75, 3.05) is 0 Å². The van der Waals surface area contributed by atoms with Crippen LogP contribution in [0.5, 0.6) is 0 Å². The van der Waals surface area contributed by atoms with Crippen LogP contribution in [0, 0.1) is 11.8 Å². The van der Waals surface area contributed by atoms with Gasteiger partial charge in [0.05, 0.1) is 0 Å². The van der Waals surface area contributed by atoms with E-state index in [0.717, 1.165) is 11.8 Å². The maximum absolute atomic E-state index is 2.35. The molecule has 0 nitrogen and oxygen atoms in total. The van der Waals surface area contributed by atoms with Gasteiger partial charge in [0, 0.05) is 0 Å². The van der Waals surface area contributed by atoms with Crippen molar-refractivity contribution in [3.8, 4) is 0 Å². The summed E-state index contributed by atoms with van der Waals surface area (Å²) in [5.41, 5.74) is 0. The summed E-state index contributed by atoms with van der Waals surface area (Å²) in [6.07, 6.45) is 60.8. The Morgan fingerprint density at radius 2 is 0.298 bits per heavy atom. The van der Waals surface area contributed by atoms with E-state index < -0.39 is 0 Å². The van der Waals surface area contributed by atoms with Crippen LogP contribution in [0.4, 0.5) is 0 Å². The number of unbranched alkanes of at least 4 members (excludes halogenated alkanes) is 33. The first-order chi connectivity index (χ1) is 23.3. The smallest absolute Gasteiger partial charge is 0.0386 e. The summed E-state index contributed by atoms with van der Waals surface area (Å²) in [6.45, 7) is 9.35. The molecule has 0 spiro atoms. The highest BCUT2D eigenvalue weighted by Gasteiger charge is 2.20. The van der Waals surface area contributed by atoms with Gasteiger partial charge < -0.3 is 0 Å². The van der Waals surface area contributed by atoms with Crippen molar-refractivity contribution < 1.29 is 0 Å². The third kappa shape index (κ3) is 37.1. The minimum Gasteiger partial charge on any atom is -0.0654 e. The van der Waals surface area contributed by atoms with E-state index in [0.29, 0.717) is 0 Å². The van der Waals surface area contributed by atoms with Crippen LogP contribution >= 0.6 is 0 Å². The van der Waals surface area contributed by atoms with E-state index in [4.69, 9.17) is 0 Å². The minimum atomic E-state index is 1.02. The van der Waals surface area contributed by atoms with Crippen LogP contribution in [0.3, 0.4) is 0 Å². The van der Waals surface area contributed by atoms with Crippen molar-refractivity contribution in [2.24, 2.45) is 11.8 Å². The van der Waals surface area contributed by atoms with Crippen molar-refractivity contribution >= 4 is 0 Å². The Labute approximate surface area is 302 Å². The molecule has 0 saturated heterocycles. The zero-order valence-electron chi connectivity index (χ0n) is 34.1. The average Bonchev–Trinajstić information content (AvgIpc) is 3.08. The summed E-state index contributed by atoms with van der Waals surface area (Å²) in [6, 6.07) is 0. The van der Waals surface area contributed by atoms with Gasteiger partial charge in [-0.25, -0.2) is 0 Å². The fraction of sp³-hybridized carbons (Fsp3) is 1.00. The van der Waals surface area contributed by atoms with Gasteiger partial charge in [0.2, 0.25) is 0 Å². The van der Waals surface area contributed by atoms with E-state index in [2.05, 4.69) is 27.7 Å². The minimum absolute atomic E-state index is 1.02. The maximum Gasteiger partial charge on any atom is -0.0386 e. The molecule has 0 bridgehead atoms. The molecular weight excluding hydrogens is 565 g/mol. The van der Waals surface area contributed by atoms with Crippen LogP contribution in [0.2, 0.25) is 0 Å². The predicted molar refractivity (Wildman–Crippen MR) is 219 cm³/mol. The second-order valence-electron chi connectivity index (χ2n) is 16.3. The standard InChI is InChI=1S/C47H96/c1-5-9-13-17-21-24-26-28-32-36-40-44-46(42-38-34-30-20-16-12-8-4)47(43-39-35-31-23-19-15-11-7-3)45-41-37-33-29-27-25-22-18-14-10-6-2/h46-47H,5-45H2,1-4H3. The van der Waals surface area contributed by atoms with Gasteiger partial charge in [-0.1, -0.05) is 291 Å². The van der Waals surface area contributed by atoms with Gasteiger partial charge >= 0.3 is 0 Å². The highest BCUT2D eigenvalue weighted by atomic mass is 14.3. The average molecular weight is 661 g/mol. The molecule has 0 radical (unpaired) electrons. The molecule has 0 aliphatic heterocycles. The molecule has 2 atom stereocenters. The maximum atomic E-state index is 2.35. The number of hydrogen-bond donors (Lipinski definition) is 0. The van der Waals surface area contributed by atoms with Crippen LogP contribution in [-0.2, 0) is 0 Å². The molecule has 0 aliphatic rings. The summed E-state index contributed by atoms with van der Waals surface area (Å²) < 4.78 is 0. The van der Waals surface area contributed by atoms with E-state index in [1.807, 2.05) is 0 Å². The van der Waals surface area contributed by atoms with Gasteiger partial charge in [0.25, 0.3) is 0 Å². The van der Waals surface area contributed by atoms with Gasteiger partial charge in [-0.3, -0.25) is 0 Å². The molecule has 0 saturated carbocycles. The molecular formula is C47H96.